The molecule has 3 aliphatic rings. The van der Waals surface area contributed by atoms with E-state index in [0.717, 1.165) is 44.3 Å². The summed E-state index contributed by atoms with van der Waals surface area (Å²) in [6.07, 6.45) is 5.50. The van der Waals surface area contributed by atoms with Crippen molar-refractivity contribution in [3.63, 3.8) is 0 Å². The predicted molar refractivity (Wildman–Crippen MR) is 129 cm³/mol. The number of pyridine rings is 1. The van der Waals surface area contributed by atoms with Crippen molar-refractivity contribution >= 4 is 40.7 Å². The number of guanidine groups is 1. The summed E-state index contributed by atoms with van der Waals surface area (Å²) in [7, 11) is 0. The third kappa shape index (κ3) is 4.64. The molecule has 3 fully saturated rings. The van der Waals surface area contributed by atoms with Crippen LogP contribution in [0.25, 0.3) is 0 Å². The number of halogens is 2. The van der Waals surface area contributed by atoms with E-state index in [1.807, 2.05) is 6.07 Å². The second kappa shape index (κ2) is 8.30. The van der Waals surface area contributed by atoms with E-state index in [0.29, 0.717) is 28.6 Å². The molecule has 2 aliphatic carbocycles. The fraction of sp³-hybridized carbons (Fsp3) is 0.391. The summed E-state index contributed by atoms with van der Waals surface area (Å²) in [5.41, 5.74) is 1.96. The SMILES string of the molecule is CC1(NC(=N)c2ccnc(Nc3c(F)cc(C(=N)N=C4NCCN4)cc3C3CC3)c2Cl)CC1. The molecular weight excluding hydrogens is 443 g/mol. The van der Waals surface area contributed by atoms with Gasteiger partial charge in [0.05, 0.1) is 10.7 Å². The standard InChI is InChI=1S/C23H26ClFN8/c1-23(5-6-23)33-20(27)14-4-7-28-21(17(14)24)31-18-15(12-2-3-12)10-13(11-16(18)25)19(26)32-22-29-8-9-30-22/h4,7,10-12H,2-3,5-6,8-9H2,1H3,(H2,27,33)(H,28,31)(H3,26,29,30,32). The molecule has 1 saturated heterocycles. The van der Waals surface area contributed by atoms with Crippen LogP contribution in [0.1, 0.15) is 55.2 Å². The quantitative estimate of drug-likeness (QED) is 0.284. The zero-order chi connectivity index (χ0) is 23.2. The van der Waals surface area contributed by atoms with Gasteiger partial charge in [0.2, 0.25) is 0 Å². The minimum atomic E-state index is -0.492. The number of amidine groups is 2. The van der Waals surface area contributed by atoms with Crippen molar-refractivity contribution in [1.29, 1.82) is 10.8 Å². The molecule has 1 aliphatic heterocycles. The average molecular weight is 469 g/mol. The highest BCUT2D eigenvalue weighted by Gasteiger charge is 2.38. The maximum absolute atomic E-state index is 15.3. The van der Waals surface area contributed by atoms with Crippen LogP contribution in [0.3, 0.4) is 0 Å². The van der Waals surface area contributed by atoms with E-state index < -0.39 is 5.82 Å². The van der Waals surface area contributed by atoms with Crippen LogP contribution in [0.2, 0.25) is 5.02 Å². The molecule has 0 spiro atoms. The maximum Gasteiger partial charge on any atom is 0.198 e. The number of hydrogen-bond acceptors (Lipinski definition) is 4. The Bertz CT molecular complexity index is 1160. The fourth-order valence-corrected chi connectivity index (χ4v) is 4.07. The van der Waals surface area contributed by atoms with Gasteiger partial charge in [0, 0.05) is 36.0 Å². The molecule has 172 valence electrons. The van der Waals surface area contributed by atoms with E-state index in [1.165, 1.54) is 6.07 Å². The Hall–Kier alpha value is -3.20. The van der Waals surface area contributed by atoms with Crippen molar-refractivity contribution in [2.24, 2.45) is 4.99 Å². The Balaban J connectivity index is 1.44. The van der Waals surface area contributed by atoms with Crippen LogP contribution < -0.4 is 21.3 Å². The van der Waals surface area contributed by atoms with Crippen LogP contribution >= 0.6 is 11.6 Å². The Morgan fingerprint density at radius 2 is 1.97 bits per heavy atom. The van der Waals surface area contributed by atoms with E-state index >= 15 is 4.39 Å². The highest BCUT2D eigenvalue weighted by atomic mass is 35.5. The highest BCUT2D eigenvalue weighted by Crippen LogP contribution is 2.46. The number of rotatable bonds is 6. The van der Waals surface area contributed by atoms with Crippen molar-refractivity contribution in [1.82, 2.24) is 20.9 Å². The number of nitrogens with one attached hydrogen (secondary N) is 6. The second-order valence-electron chi connectivity index (χ2n) is 9.07. The first kappa shape index (κ1) is 21.6. The Labute approximate surface area is 196 Å². The average Bonchev–Trinajstić information content (AvgIpc) is 3.70. The summed E-state index contributed by atoms with van der Waals surface area (Å²) < 4.78 is 15.3. The van der Waals surface area contributed by atoms with Crippen LogP contribution in [-0.2, 0) is 0 Å². The van der Waals surface area contributed by atoms with E-state index in [9.17, 15) is 0 Å². The van der Waals surface area contributed by atoms with Gasteiger partial charge in [0.15, 0.2) is 11.8 Å². The number of nitrogens with zero attached hydrogens (tertiary/aromatic N) is 2. The van der Waals surface area contributed by atoms with Crippen molar-refractivity contribution in [3.05, 3.63) is 51.9 Å². The van der Waals surface area contributed by atoms with Gasteiger partial charge in [-0.15, -0.1) is 0 Å². The molecule has 0 unspecified atom stereocenters. The lowest BCUT2D eigenvalue weighted by molar-refractivity contribution is 0.629. The second-order valence-corrected chi connectivity index (χ2v) is 9.44. The largest absolute Gasteiger partial charge is 0.365 e. The van der Waals surface area contributed by atoms with E-state index in [4.69, 9.17) is 22.4 Å². The first-order valence-corrected chi connectivity index (χ1v) is 11.5. The zero-order valence-electron chi connectivity index (χ0n) is 18.3. The van der Waals surface area contributed by atoms with Gasteiger partial charge in [-0.1, -0.05) is 11.6 Å². The normalized spacial score (nSPS) is 18.2. The molecule has 2 saturated carbocycles. The van der Waals surface area contributed by atoms with Crippen LogP contribution in [0.5, 0.6) is 0 Å². The minimum absolute atomic E-state index is 0.00880. The van der Waals surface area contributed by atoms with Crippen LogP contribution in [0.15, 0.2) is 29.4 Å². The number of aromatic nitrogens is 1. The maximum atomic E-state index is 15.3. The molecule has 1 aromatic carbocycles. The first-order chi connectivity index (χ1) is 15.8. The summed E-state index contributed by atoms with van der Waals surface area (Å²) in [4.78, 5) is 8.53. The van der Waals surface area contributed by atoms with Crippen molar-refractivity contribution in [2.75, 3.05) is 18.4 Å². The summed E-state index contributed by atoms with van der Waals surface area (Å²) >= 11 is 6.59. The van der Waals surface area contributed by atoms with Gasteiger partial charge in [-0.25, -0.2) is 9.37 Å². The lowest BCUT2D eigenvalue weighted by Crippen LogP contribution is -2.34. The third-order valence-corrected chi connectivity index (χ3v) is 6.56. The van der Waals surface area contributed by atoms with Crippen molar-refractivity contribution in [3.8, 4) is 0 Å². The van der Waals surface area contributed by atoms with Crippen molar-refractivity contribution < 1.29 is 4.39 Å². The van der Waals surface area contributed by atoms with Gasteiger partial charge >= 0.3 is 0 Å². The lowest BCUT2D eigenvalue weighted by atomic mass is 10.0. The van der Waals surface area contributed by atoms with Gasteiger partial charge in [0.25, 0.3) is 0 Å². The van der Waals surface area contributed by atoms with Gasteiger partial charge < -0.3 is 21.3 Å². The molecule has 10 heteroatoms. The molecule has 0 atom stereocenters. The van der Waals surface area contributed by atoms with E-state index in [2.05, 4.69) is 38.2 Å². The smallest absolute Gasteiger partial charge is 0.198 e. The molecule has 5 rings (SSSR count). The van der Waals surface area contributed by atoms with Crippen LogP contribution in [-0.4, -0.2) is 41.2 Å². The van der Waals surface area contributed by atoms with Crippen LogP contribution in [0, 0.1) is 16.6 Å². The third-order valence-electron chi connectivity index (χ3n) is 6.17. The summed E-state index contributed by atoms with van der Waals surface area (Å²) in [5, 5.41) is 29.3. The molecule has 0 radical (unpaired) electrons. The predicted octanol–water partition coefficient (Wildman–Crippen LogP) is 3.84. The lowest BCUT2D eigenvalue weighted by Gasteiger charge is -2.18. The molecule has 0 amide bonds. The topological polar surface area (TPSA) is 121 Å². The van der Waals surface area contributed by atoms with Crippen molar-refractivity contribution in [2.45, 2.75) is 44.1 Å². The monoisotopic (exact) mass is 468 g/mol. The number of aliphatic imine (C=N–C) groups is 1. The fourth-order valence-electron chi connectivity index (χ4n) is 3.82. The van der Waals surface area contributed by atoms with Crippen LogP contribution in [0.4, 0.5) is 15.9 Å². The van der Waals surface area contributed by atoms with Gasteiger partial charge in [-0.2, -0.15) is 4.99 Å². The molecule has 1 aromatic heterocycles. The minimum Gasteiger partial charge on any atom is -0.365 e. The number of benzene rings is 1. The Morgan fingerprint density at radius 1 is 1.24 bits per heavy atom. The molecule has 2 heterocycles. The zero-order valence-corrected chi connectivity index (χ0v) is 19.0. The Kier molecular flexibility index (Phi) is 5.44. The number of hydrogen-bond donors (Lipinski definition) is 6. The molecule has 6 N–H and O–H groups in total. The summed E-state index contributed by atoms with van der Waals surface area (Å²) in [5.74, 6) is 0.760. The van der Waals surface area contributed by atoms with Gasteiger partial charge in [-0.3, -0.25) is 10.8 Å². The summed E-state index contributed by atoms with van der Waals surface area (Å²) in [6, 6.07) is 4.81. The van der Waals surface area contributed by atoms with E-state index in [-0.39, 0.29) is 28.2 Å². The Morgan fingerprint density at radius 3 is 2.64 bits per heavy atom. The summed E-state index contributed by atoms with van der Waals surface area (Å²) in [6.45, 7) is 3.56. The molecule has 33 heavy (non-hydrogen) atoms. The molecule has 0 bridgehead atoms. The highest BCUT2D eigenvalue weighted by molar-refractivity contribution is 6.36. The molecular formula is C23H26ClFN8. The van der Waals surface area contributed by atoms with Gasteiger partial charge in [-0.05, 0) is 62.3 Å². The van der Waals surface area contributed by atoms with Gasteiger partial charge in [0.1, 0.15) is 17.5 Å². The molecule has 8 nitrogen and oxygen atoms in total. The molecule has 2 aromatic rings. The number of anilines is 2. The first-order valence-electron chi connectivity index (χ1n) is 11.1. The van der Waals surface area contributed by atoms with E-state index in [1.54, 1.807) is 12.3 Å².